The molecule has 0 fully saturated rings. The first-order chi connectivity index (χ1) is 6.68. The fourth-order valence-electron chi connectivity index (χ4n) is 1.34. The molecule has 3 nitrogen and oxygen atoms in total. The summed E-state index contributed by atoms with van der Waals surface area (Å²) in [7, 11) is 0. The van der Waals surface area contributed by atoms with Crippen LogP contribution in [0.3, 0.4) is 0 Å². The van der Waals surface area contributed by atoms with Crippen LogP contribution in [0.5, 0.6) is 0 Å². The minimum atomic E-state index is 0.518. The fraction of sp³-hybridized carbons (Fsp3) is 0.111. The van der Waals surface area contributed by atoms with Gasteiger partial charge in [-0.2, -0.15) is 0 Å². The zero-order chi connectivity index (χ0) is 10.1. The van der Waals surface area contributed by atoms with Crippen LogP contribution >= 0.6 is 23.8 Å². The summed E-state index contributed by atoms with van der Waals surface area (Å²) in [5.74, 6) is 0. The predicted octanol–water partition coefficient (Wildman–Crippen LogP) is 2.85. The van der Waals surface area contributed by atoms with Crippen LogP contribution in [0, 0.1) is 4.77 Å². The Hall–Kier alpha value is -1.13. The second-order valence-corrected chi connectivity index (χ2v) is 3.85. The van der Waals surface area contributed by atoms with Crippen molar-refractivity contribution >= 4 is 34.9 Å². The lowest BCUT2D eigenvalue weighted by molar-refractivity contribution is 0.825. The van der Waals surface area contributed by atoms with Crippen LogP contribution < -0.4 is 0 Å². The summed E-state index contributed by atoms with van der Waals surface area (Å²) in [6.45, 7) is 4.16. The van der Waals surface area contributed by atoms with Crippen molar-refractivity contribution in [2.75, 3.05) is 0 Å². The molecule has 0 radical (unpaired) electrons. The number of halogens is 1. The molecule has 2 aromatic rings. The average Bonchev–Trinajstić information content (AvgIpc) is 2.43. The van der Waals surface area contributed by atoms with Crippen molar-refractivity contribution in [1.29, 1.82) is 0 Å². The summed E-state index contributed by atoms with van der Waals surface area (Å²) in [4.78, 5) is 7.05. The van der Waals surface area contributed by atoms with Gasteiger partial charge in [0.1, 0.15) is 0 Å². The Bertz CT molecular complexity index is 540. The van der Waals surface area contributed by atoms with E-state index in [0.29, 0.717) is 16.3 Å². The van der Waals surface area contributed by atoms with Gasteiger partial charge in [-0.05, 0) is 18.3 Å². The van der Waals surface area contributed by atoms with E-state index in [1.807, 2.05) is 10.6 Å². The minimum Gasteiger partial charge on any atom is -0.329 e. The topological polar surface area (TPSA) is 33.6 Å². The summed E-state index contributed by atoms with van der Waals surface area (Å²) in [5, 5.41) is 0.554. The largest absolute Gasteiger partial charge is 0.329 e. The van der Waals surface area contributed by atoms with Gasteiger partial charge in [0.25, 0.3) is 0 Å². The molecule has 0 bridgehead atoms. The Morgan fingerprint density at radius 2 is 2.50 bits per heavy atom. The molecule has 0 saturated carbocycles. The highest BCUT2D eigenvalue weighted by molar-refractivity contribution is 7.71. The summed E-state index contributed by atoms with van der Waals surface area (Å²) >= 11 is 10.9. The van der Waals surface area contributed by atoms with Gasteiger partial charge >= 0.3 is 0 Å². The van der Waals surface area contributed by atoms with Crippen molar-refractivity contribution in [3.63, 3.8) is 0 Å². The van der Waals surface area contributed by atoms with Crippen molar-refractivity contribution in [1.82, 2.24) is 14.5 Å². The molecule has 0 saturated heterocycles. The van der Waals surface area contributed by atoms with Gasteiger partial charge < -0.3 is 9.55 Å². The van der Waals surface area contributed by atoms with Gasteiger partial charge in [0.15, 0.2) is 4.77 Å². The van der Waals surface area contributed by atoms with Crippen LogP contribution in [-0.4, -0.2) is 14.5 Å². The number of aromatic nitrogens is 3. The molecule has 1 N–H and O–H groups in total. The number of pyridine rings is 1. The number of rotatable bonds is 2. The molecule has 2 rings (SSSR count). The number of nitrogens with one attached hydrogen (secondary N) is 1. The number of imidazole rings is 1. The maximum atomic E-state index is 5.75. The highest BCUT2D eigenvalue weighted by Gasteiger charge is 2.03. The van der Waals surface area contributed by atoms with Gasteiger partial charge in [-0.15, -0.1) is 0 Å². The smallest absolute Gasteiger partial charge is 0.178 e. The van der Waals surface area contributed by atoms with Gasteiger partial charge in [-0.25, -0.2) is 0 Å². The summed E-state index contributed by atoms with van der Waals surface area (Å²) < 4.78 is 2.52. The molecular weight excluding hydrogens is 218 g/mol. The summed E-state index contributed by atoms with van der Waals surface area (Å²) in [5.41, 5.74) is 1.90. The Labute approximate surface area is 91.0 Å². The maximum absolute atomic E-state index is 5.75. The molecule has 0 aliphatic rings. The number of nitrogens with zero attached hydrogens (tertiary/aromatic N) is 2. The first-order valence-electron chi connectivity index (χ1n) is 4.04. The second kappa shape index (κ2) is 3.55. The SMILES string of the molecule is C=C(Cl)Cn1c(=S)[nH]c2cnccc21. The van der Waals surface area contributed by atoms with Gasteiger partial charge in [0, 0.05) is 11.2 Å². The zero-order valence-corrected chi connectivity index (χ0v) is 8.90. The van der Waals surface area contributed by atoms with E-state index < -0.39 is 0 Å². The average molecular weight is 226 g/mol. The zero-order valence-electron chi connectivity index (χ0n) is 7.33. The molecule has 72 valence electrons. The quantitative estimate of drug-likeness (QED) is 0.798. The van der Waals surface area contributed by atoms with Crippen molar-refractivity contribution in [2.24, 2.45) is 0 Å². The van der Waals surface area contributed by atoms with Crippen LogP contribution in [0.15, 0.2) is 30.1 Å². The third-order valence-corrected chi connectivity index (χ3v) is 2.35. The summed E-state index contributed by atoms with van der Waals surface area (Å²) in [6.07, 6.45) is 3.46. The molecule has 0 unspecified atom stereocenters. The van der Waals surface area contributed by atoms with Crippen LogP contribution in [-0.2, 0) is 6.54 Å². The number of aromatic amines is 1. The van der Waals surface area contributed by atoms with Crippen molar-refractivity contribution in [3.05, 3.63) is 34.8 Å². The van der Waals surface area contributed by atoms with Crippen molar-refractivity contribution < 1.29 is 0 Å². The lowest BCUT2D eigenvalue weighted by Gasteiger charge is -2.00. The number of hydrogen-bond acceptors (Lipinski definition) is 2. The molecule has 0 aliphatic carbocycles. The first kappa shape index (κ1) is 9.43. The lowest BCUT2D eigenvalue weighted by Crippen LogP contribution is -1.96. The van der Waals surface area contributed by atoms with E-state index in [1.165, 1.54) is 0 Å². The first-order valence-corrected chi connectivity index (χ1v) is 4.83. The molecule has 0 amide bonds. The Morgan fingerprint density at radius 3 is 3.21 bits per heavy atom. The molecular formula is C9H8ClN3S. The second-order valence-electron chi connectivity index (χ2n) is 2.93. The van der Waals surface area contributed by atoms with Crippen LogP contribution in [0.2, 0.25) is 0 Å². The molecule has 2 heterocycles. The molecule has 2 aromatic heterocycles. The van der Waals surface area contributed by atoms with Gasteiger partial charge in [-0.1, -0.05) is 18.2 Å². The highest BCUT2D eigenvalue weighted by Crippen LogP contribution is 2.14. The van der Waals surface area contributed by atoms with Crippen LogP contribution in [0.1, 0.15) is 0 Å². The number of allylic oxidation sites excluding steroid dienone is 1. The van der Waals surface area contributed by atoms with Crippen LogP contribution in [0.4, 0.5) is 0 Å². The third kappa shape index (κ3) is 1.58. The normalized spacial score (nSPS) is 10.6. The monoisotopic (exact) mass is 225 g/mol. The number of H-pyrrole nitrogens is 1. The Kier molecular flexibility index (Phi) is 2.39. The molecule has 0 atom stereocenters. The molecule has 0 aliphatic heterocycles. The maximum Gasteiger partial charge on any atom is 0.178 e. The van der Waals surface area contributed by atoms with E-state index in [-0.39, 0.29) is 0 Å². The summed E-state index contributed by atoms with van der Waals surface area (Å²) in [6, 6.07) is 1.89. The van der Waals surface area contributed by atoms with Gasteiger partial charge in [0.2, 0.25) is 0 Å². The van der Waals surface area contributed by atoms with E-state index in [4.69, 9.17) is 23.8 Å². The predicted molar refractivity (Wildman–Crippen MR) is 59.9 cm³/mol. The van der Waals surface area contributed by atoms with E-state index in [9.17, 15) is 0 Å². The van der Waals surface area contributed by atoms with Gasteiger partial charge in [0.05, 0.1) is 23.8 Å². The van der Waals surface area contributed by atoms with Gasteiger partial charge in [-0.3, -0.25) is 4.98 Å². The van der Waals surface area contributed by atoms with E-state index in [0.717, 1.165) is 11.0 Å². The van der Waals surface area contributed by atoms with Crippen LogP contribution in [0.25, 0.3) is 11.0 Å². The van der Waals surface area contributed by atoms with E-state index in [2.05, 4.69) is 16.5 Å². The molecule has 0 spiro atoms. The third-order valence-electron chi connectivity index (χ3n) is 1.91. The number of hydrogen-bond donors (Lipinski definition) is 1. The minimum absolute atomic E-state index is 0.518. The van der Waals surface area contributed by atoms with Crippen molar-refractivity contribution in [3.8, 4) is 0 Å². The Balaban J connectivity index is 2.68. The van der Waals surface area contributed by atoms with E-state index >= 15 is 0 Å². The van der Waals surface area contributed by atoms with Crippen molar-refractivity contribution in [2.45, 2.75) is 6.54 Å². The van der Waals surface area contributed by atoms with E-state index in [1.54, 1.807) is 12.4 Å². The standard InChI is InChI=1S/C9H8ClN3S/c1-6(10)5-13-8-2-3-11-4-7(8)12-9(13)14/h2-4H,1,5H2,(H,12,14). The molecule has 14 heavy (non-hydrogen) atoms. The highest BCUT2D eigenvalue weighted by atomic mass is 35.5. The number of fused-ring (bicyclic) bond motifs is 1. The molecule has 0 aromatic carbocycles. The lowest BCUT2D eigenvalue weighted by atomic mass is 10.4. The molecule has 5 heteroatoms. The fourth-order valence-corrected chi connectivity index (χ4v) is 1.73. The Morgan fingerprint density at radius 1 is 1.71 bits per heavy atom.